The van der Waals surface area contributed by atoms with Gasteiger partial charge in [0.2, 0.25) is 15.8 Å². The van der Waals surface area contributed by atoms with Crippen LogP contribution in [-0.2, 0) is 43.0 Å². The van der Waals surface area contributed by atoms with Gasteiger partial charge in [-0.25, -0.2) is 22.6 Å². The lowest BCUT2D eigenvalue weighted by molar-refractivity contribution is -0.148. The normalized spacial score (nSPS) is 20.6. The fraction of sp³-hybridized carbons (Fsp3) is 0.419. The molecule has 0 radical (unpaired) electrons. The summed E-state index contributed by atoms with van der Waals surface area (Å²) in [5.41, 5.74) is -2.12. The Labute approximate surface area is 283 Å². The summed E-state index contributed by atoms with van der Waals surface area (Å²) in [5.74, 6) is -4.74. The van der Waals surface area contributed by atoms with Gasteiger partial charge in [0.1, 0.15) is 21.4 Å². The molecule has 3 amide bonds. The van der Waals surface area contributed by atoms with Gasteiger partial charge in [0.15, 0.2) is 5.69 Å². The predicted octanol–water partition coefficient (Wildman–Crippen LogP) is 0.915. The van der Waals surface area contributed by atoms with Crippen LogP contribution < -0.4 is 16.2 Å². The Morgan fingerprint density at radius 3 is 2.41 bits per heavy atom. The summed E-state index contributed by atoms with van der Waals surface area (Å²) in [6.45, 7) is -0.279. The molecule has 0 spiro atoms. The van der Waals surface area contributed by atoms with Gasteiger partial charge in [0.25, 0.3) is 11.5 Å². The summed E-state index contributed by atoms with van der Waals surface area (Å²) >= 11 is 0.935. The van der Waals surface area contributed by atoms with Gasteiger partial charge in [0, 0.05) is 39.3 Å². The van der Waals surface area contributed by atoms with E-state index in [0.717, 1.165) is 22.8 Å². The van der Waals surface area contributed by atoms with Crippen molar-refractivity contribution in [1.29, 1.82) is 0 Å². The maximum absolute atomic E-state index is 13.5. The Morgan fingerprint density at radius 2 is 1.76 bits per heavy atom. The number of rotatable bonds is 7. The number of hydrogen-bond donors (Lipinski definition) is 3. The highest BCUT2D eigenvalue weighted by molar-refractivity contribution is 7.89. The third kappa shape index (κ3) is 6.42. The molecule has 5 heterocycles. The third-order valence-electron chi connectivity index (χ3n) is 9.24. The van der Waals surface area contributed by atoms with Gasteiger partial charge in [0.05, 0.1) is 12.6 Å². The Kier molecular flexibility index (Phi) is 9.29. The molecule has 1 aliphatic carbocycles. The Morgan fingerprint density at radius 1 is 1.08 bits per heavy atom. The summed E-state index contributed by atoms with van der Waals surface area (Å²) in [6.07, 6.45) is 1.80. The molecule has 1 saturated heterocycles. The number of carbonyl (C=O) groups excluding carboxylic acids is 4. The molecule has 0 atom stereocenters. The number of nitrogens with one attached hydrogen (secondary N) is 2. The van der Waals surface area contributed by atoms with Crippen LogP contribution in [0.5, 0.6) is 5.75 Å². The van der Waals surface area contributed by atoms with Gasteiger partial charge in [-0.2, -0.15) is 4.31 Å². The Bertz CT molecular complexity index is 1980. The van der Waals surface area contributed by atoms with E-state index in [1.807, 2.05) is 0 Å². The molecule has 2 fully saturated rings. The number of fused-ring (bicyclic) bond motifs is 2. The second kappa shape index (κ2) is 13.3. The number of thiophene rings is 1. The molecule has 1 saturated carbocycles. The van der Waals surface area contributed by atoms with Crippen LogP contribution in [0.1, 0.15) is 57.2 Å². The van der Waals surface area contributed by atoms with Crippen molar-refractivity contribution in [1.82, 2.24) is 29.4 Å². The van der Waals surface area contributed by atoms with E-state index in [1.165, 1.54) is 45.2 Å². The number of carbonyl (C=O) groups is 4. The second-order valence-electron chi connectivity index (χ2n) is 12.1. The van der Waals surface area contributed by atoms with Gasteiger partial charge < -0.3 is 25.4 Å². The predicted molar refractivity (Wildman–Crippen MR) is 171 cm³/mol. The van der Waals surface area contributed by atoms with E-state index < -0.39 is 62.1 Å². The number of hydrogen-bond acceptors (Lipinski definition) is 11. The lowest BCUT2D eigenvalue weighted by atomic mass is 9.77. The highest BCUT2D eigenvalue weighted by atomic mass is 32.2. The van der Waals surface area contributed by atoms with Gasteiger partial charge in [-0.3, -0.25) is 23.7 Å². The Balaban J connectivity index is 1.19. The van der Waals surface area contributed by atoms with Crippen molar-refractivity contribution in [3.05, 3.63) is 73.8 Å². The van der Waals surface area contributed by atoms with Gasteiger partial charge >= 0.3 is 17.8 Å². The zero-order valence-electron chi connectivity index (χ0n) is 26.3. The molecular weight excluding hydrogens is 684 g/mol. The lowest BCUT2D eigenvalue weighted by Gasteiger charge is -2.38. The first kappa shape index (κ1) is 34.2. The first-order valence-corrected chi connectivity index (χ1v) is 17.8. The van der Waals surface area contributed by atoms with Crippen LogP contribution >= 0.6 is 11.3 Å². The number of methoxy groups -OCH3 is 1. The van der Waals surface area contributed by atoms with Crippen molar-refractivity contribution in [2.24, 2.45) is 5.92 Å². The molecule has 2 aromatic heterocycles. The molecule has 2 bridgehead atoms. The zero-order chi connectivity index (χ0) is 35.1. The molecular formula is C31H33FN6O9S2. The summed E-state index contributed by atoms with van der Waals surface area (Å²) < 4.78 is 47.0. The van der Waals surface area contributed by atoms with Crippen molar-refractivity contribution in [2.45, 2.75) is 49.2 Å². The monoisotopic (exact) mass is 716 g/mol. The number of nitrogens with zero attached hydrogens (tertiary/aromatic N) is 4. The minimum atomic E-state index is -4.09. The summed E-state index contributed by atoms with van der Waals surface area (Å²) in [7, 11) is -2.94. The standard InChI is InChI=1S/C31H33FN6O9S2/c1-47-29(44)24-21(8-15-48-24)49(45,46)37-13-11-36(12-14-37)28(43)26(41)35-31-9-6-19(7-10-31)17-38-27(42)23(39)22(34-30(31)38)25(40)33-16-18-2-4-20(32)5-3-18/h2-5,8,15,19,39H,6-7,9-14,16-17H2,1H3,(H,33,40)(H,35,41). The topological polar surface area (TPSA) is 197 Å². The maximum Gasteiger partial charge on any atom is 0.349 e. The molecule has 3 N–H and O–H groups in total. The van der Waals surface area contributed by atoms with Gasteiger partial charge in [-0.05, 0) is 60.7 Å². The number of aromatic hydroxyl groups is 1. The minimum Gasteiger partial charge on any atom is -0.501 e. The molecule has 7 rings (SSSR count). The second-order valence-corrected chi connectivity index (χ2v) is 15.0. The van der Waals surface area contributed by atoms with E-state index in [4.69, 9.17) is 4.74 Å². The van der Waals surface area contributed by atoms with E-state index in [2.05, 4.69) is 15.6 Å². The van der Waals surface area contributed by atoms with E-state index >= 15 is 0 Å². The first-order valence-electron chi connectivity index (χ1n) is 15.5. The van der Waals surface area contributed by atoms with Crippen LogP contribution in [0.3, 0.4) is 0 Å². The molecule has 18 heteroatoms. The van der Waals surface area contributed by atoms with Crippen molar-refractivity contribution in [3.8, 4) is 5.75 Å². The zero-order valence-corrected chi connectivity index (χ0v) is 27.9. The molecule has 0 unspecified atom stereocenters. The fourth-order valence-electron chi connectivity index (χ4n) is 6.55. The minimum absolute atomic E-state index is 0.0363. The number of sulfonamides is 1. The quantitative estimate of drug-likeness (QED) is 0.234. The highest BCUT2D eigenvalue weighted by Gasteiger charge is 2.47. The number of halogens is 1. The summed E-state index contributed by atoms with van der Waals surface area (Å²) in [6, 6.07) is 6.71. The van der Waals surface area contributed by atoms with Crippen LogP contribution in [0.25, 0.3) is 0 Å². The van der Waals surface area contributed by atoms with Crippen LogP contribution in [0.2, 0.25) is 0 Å². The molecule has 15 nitrogen and oxygen atoms in total. The SMILES string of the molecule is COC(=O)c1sccc1S(=O)(=O)N1CCN(C(=O)C(=O)NC23CCC(CC2)Cn2c3nc(C(=O)NCc3ccc(F)cc3)c(O)c2=O)CC1. The van der Waals surface area contributed by atoms with Gasteiger partial charge in [-0.1, -0.05) is 12.1 Å². The number of ether oxygens (including phenoxy) is 1. The van der Waals surface area contributed by atoms with Crippen molar-refractivity contribution < 1.29 is 41.8 Å². The van der Waals surface area contributed by atoms with Crippen LogP contribution in [0.4, 0.5) is 4.39 Å². The fourth-order valence-corrected chi connectivity index (χ4v) is 9.28. The van der Waals surface area contributed by atoms with E-state index in [-0.39, 0.29) is 60.8 Å². The van der Waals surface area contributed by atoms with Crippen molar-refractivity contribution >= 4 is 45.1 Å². The van der Waals surface area contributed by atoms with Crippen molar-refractivity contribution in [2.75, 3.05) is 33.3 Å². The average Bonchev–Trinajstić information content (AvgIpc) is 3.50. The van der Waals surface area contributed by atoms with Crippen LogP contribution in [0, 0.1) is 11.7 Å². The van der Waals surface area contributed by atoms with E-state index in [0.29, 0.717) is 31.2 Å². The number of esters is 1. The maximum atomic E-state index is 13.5. The summed E-state index contributed by atoms with van der Waals surface area (Å²) in [5, 5.41) is 17.6. The molecule has 3 aliphatic heterocycles. The Hall–Kier alpha value is -4.68. The lowest BCUT2D eigenvalue weighted by Crippen LogP contribution is -2.57. The molecule has 3 aromatic rings. The number of aromatic nitrogens is 2. The smallest absolute Gasteiger partial charge is 0.349 e. The average molecular weight is 717 g/mol. The number of amides is 3. The number of piperazine rings is 1. The highest BCUT2D eigenvalue weighted by Crippen LogP contribution is 2.43. The first-order chi connectivity index (χ1) is 23.3. The molecule has 49 heavy (non-hydrogen) atoms. The summed E-state index contributed by atoms with van der Waals surface area (Å²) in [4.78, 5) is 70.9. The van der Waals surface area contributed by atoms with Crippen LogP contribution in [0.15, 0.2) is 45.4 Å². The third-order valence-corrected chi connectivity index (χ3v) is 12.2. The van der Waals surface area contributed by atoms with Gasteiger partial charge in [-0.15, -0.1) is 11.3 Å². The van der Waals surface area contributed by atoms with Crippen LogP contribution in [-0.4, -0.2) is 89.3 Å². The van der Waals surface area contributed by atoms with E-state index in [9.17, 15) is 41.9 Å². The molecule has 4 aliphatic rings. The number of benzene rings is 1. The van der Waals surface area contributed by atoms with E-state index in [1.54, 1.807) is 0 Å². The van der Waals surface area contributed by atoms with Crippen molar-refractivity contribution in [3.63, 3.8) is 0 Å². The molecule has 1 aromatic carbocycles. The largest absolute Gasteiger partial charge is 0.501 e. The molecule has 260 valence electrons.